The SMILES string of the molecule is O=C(NOCC1CCCC1)c1ccccc1NCc1ccnc2ccccc12. The summed E-state index contributed by atoms with van der Waals surface area (Å²) in [5.74, 6) is 0.342. The fourth-order valence-corrected chi connectivity index (χ4v) is 3.79. The van der Waals surface area contributed by atoms with Gasteiger partial charge in [0.25, 0.3) is 5.91 Å². The molecule has 5 nitrogen and oxygen atoms in total. The number of anilines is 1. The smallest absolute Gasteiger partial charge is 0.276 e. The van der Waals surface area contributed by atoms with Crippen molar-refractivity contribution in [3.8, 4) is 0 Å². The van der Waals surface area contributed by atoms with E-state index >= 15 is 0 Å². The Hall–Kier alpha value is -2.92. The number of carbonyl (C=O) groups excluding carboxylic acids is 1. The summed E-state index contributed by atoms with van der Waals surface area (Å²) in [6.45, 7) is 1.20. The third kappa shape index (κ3) is 4.31. The second-order valence-corrected chi connectivity index (χ2v) is 7.28. The van der Waals surface area contributed by atoms with Crippen LogP contribution in [0.4, 0.5) is 5.69 Å². The molecule has 0 aliphatic heterocycles. The predicted molar refractivity (Wildman–Crippen MR) is 111 cm³/mol. The van der Waals surface area contributed by atoms with Crippen molar-refractivity contribution < 1.29 is 9.63 Å². The lowest BCUT2D eigenvalue weighted by molar-refractivity contribution is 0.0172. The van der Waals surface area contributed by atoms with Crippen molar-refractivity contribution in [3.05, 3.63) is 71.9 Å². The van der Waals surface area contributed by atoms with Gasteiger partial charge in [-0.05, 0) is 48.6 Å². The Morgan fingerprint density at radius 2 is 1.82 bits per heavy atom. The number of benzene rings is 2. The van der Waals surface area contributed by atoms with Crippen LogP contribution in [0, 0.1) is 5.92 Å². The molecule has 1 heterocycles. The Labute approximate surface area is 165 Å². The summed E-state index contributed by atoms with van der Waals surface area (Å²) in [6, 6.07) is 17.6. The lowest BCUT2D eigenvalue weighted by Gasteiger charge is -2.14. The molecule has 1 aliphatic rings. The van der Waals surface area contributed by atoms with Crippen LogP contribution in [0.2, 0.25) is 0 Å². The predicted octanol–water partition coefficient (Wildman–Crippen LogP) is 4.70. The van der Waals surface area contributed by atoms with Crippen LogP contribution in [0.1, 0.15) is 41.6 Å². The number of nitrogens with one attached hydrogen (secondary N) is 2. The molecule has 1 amide bonds. The molecule has 1 saturated carbocycles. The normalized spacial score (nSPS) is 14.3. The molecule has 0 saturated heterocycles. The van der Waals surface area contributed by atoms with Crippen molar-refractivity contribution in [2.75, 3.05) is 11.9 Å². The third-order valence-electron chi connectivity index (χ3n) is 5.34. The maximum absolute atomic E-state index is 12.6. The van der Waals surface area contributed by atoms with Crippen LogP contribution in [0.3, 0.4) is 0 Å². The number of amides is 1. The molecule has 1 aliphatic carbocycles. The number of rotatable bonds is 7. The van der Waals surface area contributed by atoms with Gasteiger partial charge in [0.05, 0.1) is 17.7 Å². The molecule has 4 rings (SSSR count). The maximum Gasteiger partial charge on any atom is 0.276 e. The summed E-state index contributed by atoms with van der Waals surface area (Å²) in [5.41, 5.74) is 6.07. The Balaban J connectivity index is 1.41. The van der Waals surface area contributed by atoms with Crippen molar-refractivity contribution in [2.45, 2.75) is 32.2 Å². The zero-order valence-corrected chi connectivity index (χ0v) is 15.9. The highest BCUT2D eigenvalue weighted by Crippen LogP contribution is 2.24. The molecule has 144 valence electrons. The van der Waals surface area contributed by atoms with E-state index in [1.165, 1.54) is 25.7 Å². The number of carbonyl (C=O) groups is 1. The van der Waals surface area contributed by atoms with E-state index < -0.39 is 0 Å². The number of hydrogen-bond acceptors (Lipinski definition) is 4. The van der Waals surface area contributed by atoms with Gasteiger partial charge in [0, 0.05) is 23.8 Å². The van der Waals surface area contributed by atoms with E-state index in [9.17, 15) is 4.79 Å². The Kier molecular flexibility index (Phi) is 5.83. The summed E-state index contributed by atoms with van der Waals surface area (Å²) < 4.78 is 0. The van der Waals surface area contributed by atoms with Crippen molar-refractivity contribution in [1.29, 1.82) is 0 Å². The van der Waals surface area contributed by atoms with E-state index in [0.717, 1.165) is 22.2 Å². The van der Waals surface area contributed by atoms with Gasteiger partial charge >= 0.3 is 0 Å². The highest BCUT2D eigenvalue weighted by molar-refractivity contribution is 5.99. The number of para-hydroxylation sites is 2. The first kappa shape index (κ1) is 18.4. The van der Waals surface area contributed by atoms with Gasteiger partial charge in [0.1, 0.15) is 0 Å². The van der Waals surface area contributed by atoms with Crippen LogP contribution in [0.25, 0.3) is 10.9 Å². The van der Waals surface area contributed by atoms with E-state index in [0.29, 0.717) is 24.6 Å². The van der Waals surface area contributed by atoms with Gasteiger partial charge in [-0.15, -0.1) is 0 Å². The minimum atomic E-state index is -0.222. The van der Waals surface area contributed by atoms with E-state index in [-0.39, 0.29) is 5.91 Å². The fraction of sp³-hybridized carbons (Fsp3) is 0.304. The van der Waals surface area contributed by atoms with Crippen molar-refractivity contribution in [3.63, 3.8) is 0 Å². The summed E-state index contributed by atoms with van der Waals surface area (Å²) in [7, 11) is 0. The topological polar surface area (TPSA) is 63.2 Å². The van der Waals surface area contributed by atoms with Crippen LogP contribution >= 0.6 is 0 Å². The van der Waals surface area contributed by atoms with Gasteiger partial charge in [-0.25, -0.2) is 5.48 Å². The quantitative estimate of drug-likeness (QED) is 0.588. The summed E-state index contributed by atoms with van der Waals surface area (Å²) >= 11 is 0. The van der Waals surface area contributed by atoms with Crippen molar-refractivity contribution >= 4 is 22.5 Å². The second-order valence-electron chi connectivity index (χ2n) is 7.28. The van der Waals surface area contributed by atoms with Crippen molar-refractivity contribution in [2.24, 2.45) is 5.92 Å². The first-order valence-electron chi connectivity index (χ1n) is 9.89. The Bertz CT molecular complexity index is 946. The van der Waals surface area contributed by atoms with E-state index in [1.807, 2.05) is 48.7 Å². The highest BCUT2D eigenvalue weighted by Gasteiger charge is 2.16. The molecule has 0 radical (unpaired) electrons. The lowest BCUT2D eigenvalue weighted by Crippen LogP contribution is -2.26. The molecule has 2 aromatic carbocycles. The zero-order valence-electron chi connectivity index (χ0n) is 15.9. The van der Waals surface area contributed by atoms with Crippen LogP contribution in [-0.2, 0) is 11.4 Å². The maximum atomic E-state index is 12.6. The second kappa shape index (κ2) is 8.85. The number of aromatic nitrogens is 1. The molecular weight excluding hydrogens is 350 g/mol. The number of nitrogens with zero attached hydrogens (tertiary/aromatic N) is 1. The minimum Gasteiger partial charge on any atom is -0.380 e. The van der Waals surface area contributed by atoms with E-state index in [2.05, 4.69) is 21.8 Å². The number of hydroxylamine groups is 1. The molecule has 3 aromatic rings. The number of fused-ring (bicyclic) bond motifs is 1. The van der Waals surface area contributed by atoms with Gasteiger partial charge in [0.2, 0.25) is 0 Å². The van der Waals surface area contributed by atoms with Crippen LogP contribution < -0.4 is 10.8 Å². The Morgan fingerprint density at radius 1 is 1.04 bits per heavy atom. The van der Waals surface area contributed by atoms with E-state index in [1.54, 1.807) is 6.07 Å². The lowest BCUT2D eigenvalue weighted by atomic mass is 10.1. The largest absolute Gasteiger partial charge is 0.380 e. The number of hydrogen-bond donors (Lipinski definition) is 2. The van der Waals surface area contributed by atoms with Crippen LogP contribution in [-0.4, -0.2) is 17.5 Å². The molecule has 2 N–H and O–H groups in total. The molecule has 5 heteroatoms. The average molecular weight is 375 g/mol. The molecule has 0 unspecified atom stereocenters. The fourth-order valence-electron chi connectivity index (χ4n) is 3.79. The zero-order chi connectivity index (χ0) is 19.2. The van der Waals surface area contributed by atoms with Gasteiger partial charge in [-0.1, -0.05) is 43.2 Å². The molecule has 28 heavy (non-hydrogen) atoms. The van der Waals surface area contributed by atoms with Gasteiger partial charge in [-0.3, -0.25) is 14.6 Å². The highest BCUT2D eigenvalue weighted by atomic mass is 16.6. The molecule has 0 atom stereocenters. The standard InChI is InChI=1S/C23H25N3O2/c27-23(26-28-16-17-7-1-2-8-17)20-10-4-6-12-22(20)25-15-18-13-14-24-21-11-5-3-9-19(18)21/h3-6,9-14,17,25H,1-2,7-8,15-16H2,(H,26,27). The average Bonchev–Trinajstić information content (AvgIpc) is 3.26. The van der Waals surface area contributed by atoms with Gasteiger partial charge in [-0.2, -0.15) is 0 Å². The molecule has 1 fully saturated rings. The molecule has 0 spiro atoms. The molecule has 0 bridgehead atoms. The van der Waals surface area contributed by atoms with E-state index in [4.69, 9.17) is 4.84 Å². The third-order valence-corrected chi connectivity index (χ3v) is 5.34. The van der Waals surface area contributed by atoms with Crippen LogP contribution in [0.15, 0.2) is 60.8 Å². The summed E-state index contributed by atoms with van der Waals surface area (Å²) in [5, 5.41) is 4.50. The summed E-state index contributed by atoms with van der Waals surface area (Å²) in [4.78, 5) is 22.5. The Morgan fingerprint density at radius 3 is 2.71 bits per heavy atom. The molecule has 1 aromatic heterocycles. The first-order valence-corrected chi connectivity index (χ1v) is 9.89. The first-order chi connectivity index (χ1) is 13.8. The van der Waals surface area contributed by atoms with Gasteiger partial charge < -0.3 is 5.32 Å². The minimum absolute atomic E-state index is 0.222. The summed E-state index contributed by atoms with van der Waals surface area (Å²) in [6.07, 6.45) is 6.72. The number of pyridine rings is 1. The van der Waals surface area contributed by atoms with Crippen LogP contribution in [0.5, 0.6) is 0 Å². The van der Waals surface area contributed by atoms with Gasteiger partial charge in [0.15, 0.2) is 0 Å². The van der Waals surface area contributed by atoms with Crippen molar-refractivity contribution in [1.82, 2.24) is 10.5 Å². The monoisotopic (exact) mass is 375 g/mol. The molecular formula is C23H25N3O2.